The maximum atomic E-state index is 13.1. The fraction of sp³-hybridized carbons (Fsp3) is 0.200. The SMILES string of the molecule is CCOc1cc(OCC)c(/C=N/NC(=O)C(O)(c2ccccc2)c2ccccc2)cc1Br. The lowest BCUT2D eigenvalue weighted by Gasteiger charge is -2.27. The molecule has 0 saturated carbocycles. The minimum Gasteiger partial charge on any atom is -0.493 e. The summed E-state index contributed by atoms with van der Waals surface area (Å²) in [6, 6.07) is 21.1. The van der Waals surface area contributed by atoms with Crippen LogP contribution in [0, 0.1) is 0 Å². The number of hydrazone groups is 1. The van der Waals surface area contributed by atoms with E-state index in [1.807, 2.05) is 26.0 Å². The number of aliphatic hydroxyl groups is 1. The molecule has 166 valence electrons. The van der Waals surface area contributed by atoms with Crippen LogP contribution in [0.1, 0.15) is 30.5 Å². The second kappa shape index (κ2) is 10.9. The molecule has 0 fully saturated rings. The molecule has 3 aromatic carbocycles. The Labute approximate surface area is 196 Å². The Bertz CT molecular complexity index is 1030. The van der Waals surface area contributed by atoms with Crippen LogP contribution in [0.3, 0.4) is 0 Å². The van der Waals surface area contributed by atoms with E-state index in [4.69, 9.17) is 9.47 Å². The summed E-state index contributed by atoms with van der Waals surface area (Å²) in [6.45, 7) is 4.76. The summed E-state index contributed by atoms with van der Waals surface area (Å²) < 4.78 is 12.0. The van der Waals surface area contributed by atoms with Crippen LogP contribution in [0.4, 0.5) is 0 Å². The van der Waals surface area contributed by atoms with Gasteiger partial charge in [0.2, 0.25) is 0 Å². The molecule has 7 heteroatoms. The smallest absolute Gasteiger partial charge is 0.281 e. The fourth-order valence-electron chi connectivity index (χ4n) is 3.23. The van der Waals surface area contributed by atoms with Crippen LogP contribution in [0.15, 0.2) is 82.4 Å². The summed E-state index contributed by atoms with van der Waals surface area (Å²) in [5.41, 5.74) is 2.10. The first kappa shape index (κ1) is 23.5. The molecule has 0 unspecified atom stereocenters. The molecule has 2 N–H and O–H groups in total. The highest BCUT2D eigenvalue weighted by Gasteiger charge is 2.39. The third kappa shape index (κ3) is 5.18. The number of carbonyl (C=O) groups is 1. The zero-order valence-electron chi connectivity index (χ0n) is 17.9. The van der Waals surface area contributed by atoms with Crippen molar-refractivity contribution in [1.82, 2.24) is 5.43 Å². The van der Waals surface area contributed by atoms with Gasteiger partial charge in [0.15, 0.2) is 5.60 Å². The molecule has 0 radical (unpaired) electrons. The predicted octanol–water partition coefficient (Wildman–Crippen LogP) is 4.63. The topological polar surface area (TPSA) is 80.2 Å². The third-order valence-corrected chi connectivity index (χ3v) is 5.37. The number of benzene rings is 3. The van der Waals surface area contributed by atoms with Gasteiger partial charge in [0.05, 0.1) is 23.9 Å². The van der Waals surface area contributed by atoms with Crippen LogP contribution >= 0.6 is 15.9 Å². The molecule has 0 aliphatic heterocycles. The van der Waals surface area contributed by atoms with Gasteiger partial charge in [-0.05, 0) is 47.0 Å². The number of carbonyl (C=O) groups excluding carboxylic acids is 1. The Kier molecular flexibility index (Phi) is 8.03. The highest BCUT2D eigenvalue weighted by molar-refractivity contribution is 9.10. The molecule has 0 bridgehead atoms. The lowest BCUT2D eigenvalue weighted by atomic mass is 9.85. The lowest BCUT2D eigenvalue weighted by molar-refractivity contribution is -0.136. The number of hydrogen-bond acceptors (Lipinski definition) is 5. The molecule has 6 nitrogen and oxygen atoms in total. The van der Waals surface area contributed by atoms with Gasteiger partial charge < -0.3 is 14.6 Å². The molecular formula is C25H25BrN2O4. The van der Waals surface area contributed by atoms with Crippen molar-refractivity contribution in [1.29, 1.82) is 0 Å². The van der Waals surface area contributed by atoms with Gasteiger partial charge in [0.1, 0.15) is 11.5 Å². The van der Waals surface area contributed by atoms with Crippen LogP contribution < -0.4 is 14.9 Å². The number of rotatable bonds is 9. The Hall–Kier alpha value is -3.16. The summed E-state index contributed by atoms with van der Waals surface area (Å²) in [4.78, 5) is 13.1. The average Bonchev–Trinajstić information content (AvgIpc) is 2.82. The molecule has 0 aliphatic rings. The Morgan fingerprint density at radius 2 is 1.50 bits per heavy atom. The second-order valence-electron chi connectivity index (χ2n) is 6.83. The van der Waals surface area contributed by atoms with Crippen LogP contribution in [0.2, 0.25) is 0 Å². The van der Waals surface area contributed by atoms with E-state index in [-0.39, 0.29) is 0 Å². The van der Waals surface area contributed by atoms with Crippen LogP contribution in [0.25, 0.3) is 0 Å². The molecule has 0 atom stereocenters. The van der Waals surface area contributed by atoms with E-state index in [0.717, 1.165) is 4.47 Å². The number of amides is 1. The first-order chi connectivity index (χ1) is 15.5. The van der Waals surface area contributed by atoms with E-state index in [0.29, 0.717) is 41.4 Å². The second-order valence-corrected chi connectivity index (χ2v) is 7.68. The van der Waals surface area contributed by atoms with E-state index < -0.39 is 11.5 Å². The maximum Gasteiger partial charge on any atom is 0.281 e. The first-order valence-corrected chi connectivity index (χ1v) is 11.1. The monoisotopic (exact) mass is 496 g/mol. The van der Waals surface area contributed by atoms with Gasteiger partial charge in [0, 0.05) is 11.6 Å². The number of nitrogens with one attached hydrogen (secondary N) is 1. The summed E-state index contributed by atoms with van der Waals surface area (Å²) in [5, 5.41) is 15.6. The molecule has 1 amide bonds. The van der Waals surface area contributed by atoms with Crippen molar-refractivity contribution >= 4 is 28.1 Å². The predicted molar refractivity (Wildman–Crippen MR) is 128 cm³/mol. The van der Waals surface area contributed by atoms with Crippen LogP contribution in [-0.4, -0.2) is 30.4 Å². The summed E-state index contributed by atoms with van der Waals surface area (Å²) in [5.74, 6) is 0.548. The minimum absolute atomic E-state index is 0.442. The minimum atomic E-state index is -1.90. The fourth-order valence-corrected chi connectivity index (χ4v) is 3.70. The van der Waals surface area contributed by atoms with E-state index in [9.17, 15) is 9.90 Å². The summed E-state index contributed by atoms with van der Waals surface area (Å²) in [7, 11) is 0. The summed E-state index contributed by atoms with van der Waals surface area (Å²) >= 11 is 3.48. The quantitative estimate of drug-likeness (QED) is 0.334. The molecule has 0 aliphatic carbocycles. The third-order valence-electron chi connectivity index (χ3n) is 4.75. The highest BCUT2D eigenvalue weighted by atomic mass is 79.9. The van der Waals surface area contributed by atoms with Crippen molar-refractivity contribution in [3.8, 4) is 11.5 Å². The molecule has 3 rings (SSSR count). The van der Waals surface area contributed by atoms with Crippen molar-refractivity contribution in [3.05, 3.63) is 94.0 Å². The van der Waals surface area contributed by atoms with E-state index >= 15 is 0 Å². The van der Waals surface area contributed by atoms with Crippen molar-refractivity contribution in [3.63, 3.8) is 0 Å². The van der Waals surface area contributed by atoms with Crippen molar-refractivity contribution in [2.75, 3.05) is 13.2 Å². The molecular weight excluding hydrogens is 472 g/mol. The van der Waals surface area contributed by atoms with Gasteiger partial charge in [-0.15, -0.1) is 0 Å². The van der Waals surface area contributed by atoms with E-state index in [1.54, 1.807) is 60.7 Å². The van der Waals surface area contributed by atoms with Crippen LogP contribution in [0.5, 0.6) is 11.5 Å². The lowest BCUT2D eigenvalue weighted by Crippen LogP contribution is -2.43. The standard InChI is InChI=1S/C25H25BrN2O4/c1-3-31-22-16-23(32-4-2)21(26)15-18(22)17-27-28-24(29)25(30,19-11-7-5-8-12-19)20-13-9-6-10-14-20/h5-17,30H,3-4H2,1-2H3,(H,28,29)/b27-17+. The maximum absolute atomic E-state index is 13.1. The molecule has 0 saturated heterocycles. The normalized spacial score (nSPS) is 11.4. The highest BCUT2D eigenvalue weighted by Crippen LogP contribution is 2.33. The first-order valence-electron chi connectivity index (χ1n) is 10.3. The molecule has 32 heavy (non-hydrogen) atoms. The van der Waals surface area contributed by atoms with Gasteiger partial charge in [0.25, 0.3) is 5.91 Å². The zero-order valence-corrected chi connectivity index (χ0v) is 19.5. The van der Waals surface area contributed by atoms with Crippen molar-refractivity contribution in [2.45, 2.75) is 19.4 Å². The van der Waals surface area contributed by atoms with Gasteiger partial charge in [-0.2, -0.15) is 5.10 Å². The van der Waals surface area contributed by atoms with Crippen molar-refractivity contribution < 1.29 is 19.4 Å². The number of hydrogen-bond donors (Lipinski definition) is 2. The number of ether oxygens (including phenoxy) is 2. The van der Waals surface area contributed by atoms with Crippen LogP contribution in [-0.2, 0) is 10.4 Å². The average molecular weight is 497 g/mol. The van der Waals surface area contributed by atoms with E-state index in [1.165, 1.54) is 6.21 Å². The summed E-state index contributed by atoms with van der Waals surface area (Å²) in [6.07, 6.45) is 1.47. The molecule has 3 aromatic rings. The van der Waals surface area contributed by atoms with Gasteiger partial charge in [-0.3, -0.25) is 4.79 Å². The molecule has 0 spiro atoms. The zero-order chi connectivity index (χ0) is 23.0. The Balaban J connectivity index is 1.89. The van der Waals surface area contributed by atoms with Gasteiger partial charge >= 0.3 is 0 Å². The van der Waals surface area contributed by atoms with Crippen molar-refractivity contribution in [2.24, 2.45) is 5.10 Å². The molecule has 0 heterocycles. The number of nitrogens with zero attached hydrogens (tertiary/aromatic N) is 1. The molecule has 0 aromatic heterocycles. The number of halogens is 1. The largest absolute Gasteiger partial charge is 0.493 e. The van der Waals surface area contributed by atoms with Gasteiger partial charge in [-0.1, -0.05) is 60.7 Å². The van der Waals surface area contributed by atoms with Gasteiger partial charge in [-0.25, -0.2) is 5.43 Å². The Morgan fingerprint density at radius 3 is 2.03 bits per heavy atom. The van der Waals surface area contributed by atoms with E-state index in [2.05, 4.69) is 26.5 Å². The Morgan fingerprint density at radius 1 is 0.969 bits per heavy atom.